The molecule has 2 heterocycles. The zero-order valence-corrected chi connectivity index (χ0v) is 13.2. The highest BCUT2D eigenvalue weighted by atomic mass is 16.5. The zero-order chi connectivity index (χ0) is 16.8. The number of carbonyl (C=O) groups excluding carboxylic acids is 1. The number of nitrogens with one attached hydrogen (secondary N) is 1. The maximum absolute atomic E-state index is 12.6. The first kappa shape index (κ1) is 15.7. The largest absolute Gasteiger partial charge is 0.438 e. The first-order chi connectivity index (χ1) is 11.7. The predicted octanol–water partition coefficient (Wildman–Crippen LogP) is 3.76. The normalized spacial score (nSPS) is 11.5. The second kappa shape index (κ2) is 7.37. The number of benzene rings is 1. The Morgan fingerprint density at radius 1 is 1.00 bits per heavy atom. The van der Waals surface area contributed by atoms with Crippen molar-refractivity contribution in [2.45, 2.75) is 13.0 Å². The summed E-state index contributed by atoms with van der Waals surface area (Å²) in [7, 11) is 0. The molecular weight excluding hydrogens is 302 g/mol. The van der Waals surface area contributed by atoms with Gasteiger partial charge in [-0.2, -0.15) is 0 Å². The molecule has 120 valence electrons. The highest BCUT2D eigenvalue weighted by Gasteiger charge is 2.17. The smallest absolute Gasteiger partial charge is 0.257 e. The van der Waals surface area contributed by atoms with Crippen LogP contribution in [0.5, 0.6) is 11.6 Å². The second-order valence-electron chi connectivity index (χ2n) is 5.25. The van der Waals surface area contributed by atoms with Crippen LogP contribution in [0.4, 0.5) is 0 Å². The Bertz CT molecular complexity index is 807. The fourth-order valence-corrected chi connectivity index (χ4v) is 2.25. The minimum absolute atomic E-state index is 0.148. The van der Waals surface area contributed by atoms with Gasteiger partial charge < -0.3 is 10.1 Å². The predicted molar refractivity (Wildman–Crippen MR) is 90.9 cm³/mol. The summed E-state index contributed by atoms with van der Waals surface area (Å²) in [5.74, 6) is 0.675. The Morgan fingerprint density at radius 2 is 1.75 bits per heavy atom. The summed E-state index contributed by atoms with van der Waals surface area (Å²) in [4.78, 5) is 20.8. The fourth-order valence-electron chi connectivity index (χ4n) is 2.25. The number of amides is 1. The van der Waals surface area contributed by atoms with Crippen LogP contribution in [0, 0.1) is 0 Å². The van der Waals surface area contributed by atoms with Crippen LogP contribution < -0.4 is 10.1 Å². The van der Waals surface area contributed by atoms with E-state index in [1.165, 1.54) is 0 Å². The first-order valence-corrected chi connectivity index (χ1v) is 7.63. The summed E-state index contributed by atoms with van der Waals surface area (Å²) >= 11 is 0. The van der Waals surface area contributed by atoms with Gasteiger partial charge in [0, 0.05) is 18.6 Å². The third-order valence-corrected chi connectivity index (χ3v) is 3.53. The number of pyridine rings is 2. The topological polar surface area (TPSA) is 64.1 Å². The number of hydrogen-bond acceptors (Lipinski definition) is 4. The highest BCUT2D eigenvalue weighted by Crippen LogP contribution is 2.23. The van der Waals surface area contributed by atoms with Gasteiger partial charge in [-0.05, 0) is 48.9 Å². The molecule has 0 unspecified atom stereocenters. The SMILES string of the molecule is C[C@@H](NC(=O)c1cccnc1Oc1ccccc1)c1ccncc1. The number of aromatic nitrogens is 2. The van der Waals surface area contributed by atoms with E-state index in [-0.39, 0.29) is 17.8 Å². The molecule has 0 fully saturated rings. The van der Waals surface area contributed by atoms with E-state index in [1.54, 1.807) is 30.7 Å². The van der Waals surface area contributed by atoms with Crippen LogP contribution in [0.3, 0.4) is 0 Å². The summed E-state index contributed by atoms with van der Waals surface area (Å²) in [5, 5.41) is 2.95. The van der Waals surface area contributed by atoms with Gasteiger partial charge in [0.2, 0.25) is 5.88 Å². The Hall–Kier alpha value is -3.21. The van der Waals surface area contributed by atoms with Gasteiger partial charge in [-0.3, -0.25) is 9.78 Å². The minimum atomic E-state index is -0.238. The van der Waals surface area contributed by atoms with Gasteiger partial charge in [-0.25, -0.2) is 4.98 Å². The number of nitrogens with zero attached hydrogens (tertiary/aromatic N) is 2. The van der Waals surface area contributed by atoms with E-state index in [0.29, 0.717) is 11.3 Å². The lowest BCUT2D eigenvalue weighted by molar-refractivity contribution is 0.0937. The summed E-state index contributed by atoms with van der Waals surface area (Å²) < 4.78 is 5.74. The molecule has 1 N–H and O–H groups in total. The standard InChI is InChI=1S/C19H17N3O2/c1-14(15-9-12-20-13-10-15)22-18(23)17-8-5-11-21-19(17)24-16-6-3-2-4-7-16/h2-14H,1H3,(H,22,23)/t14-/m1/s1. The Morgan fingerprint density at radius 3 is 2.50 bits per heavy atom. The number of carbonyl (C=O) groups is 1. The van der Waals surface area contributed by atoms with Crippen LogP contribution in [0.2, 0.25) is 0 Å². The molecule has 2 aromatic heterocycles. The number of ether oxygens (including phenoxy) is 1. The summed E-state index contributed by atoms with van der Waals surface area (Å²) in [5.41, 5.74) is 1.37. The van der Waals surface area contributed by atoms with E-state index in [1.807, 2.05) is 49.4 Å². The van der Waals surface area contributed by atoms with Crippen molar-refractivity contribution in [2.24, 2.45) is 0 Å². The lowest BCUT2D eigenvalue weighted by Gasteiger charge is -2.15. The van der Waals surface area contributed by atoms with E-state index in [0.717, 1.165) is 5.56 Å². The van der Waals surface area contributed by atoms with Crippen molar-refractivity contribution in [1.82, 2.24) is 15.3 Å². The molecule has 3 rings (SSSR count). The molecule has 1 aromatic carbocycles. The molecule has 0 aliphatic heterocycles. The third kappa shape index (κ3) is 3.76. The van der Waals surface area contributed by atoms with Crippen molar-refractivity contribution in [3.8, 4) is 11.6 Å². The number of rotatable bonds is 5. The van der Waals surface area contributed by atoms with Crippen LogP contribution in [-0.2, 0) is 0 Å². The van der Waals surface area contributed by atoms with Crippen molar-refractivity contribution in [2.75, 3.05) is 0 Å². The van der Waals surface area contributed by atoms with Gasteiger partial charge in [0.25, 0.3) is 5.91 Å². The zero-order valence-electron chi connectivity index (χ0n) is 13.2. The van der Waals surface area contributed by atoms with Crippen molar-refractivity contribution in [3.05, 3.63) is 84.3 Å². The van der Waals surface area contributed by atoms with Crippen LogP contribution in [0.1, 0.15) is 28.9 Å². The number of hydrogen-bond donors (Lipinski definition) is 1. The summed E-state index contributed by atoms with van der Waals surface area (Å²) in [6.45, 7) is 1.92. The van der Waals surface area contributed by atoms with Crippen LogP contribution in [-0.4, -0.2) is 15.9 Å². The van der Waals surface area contributed by atoms with E-state index in [2.05, 4.69) is 15.3 Å². The monoisotopic (exact) mass is 319 g/mol. The molecular formula is C19H17N3O2. The molecule has 0 radical (unpaired) electrons. The van der Waals surface area contributed by atoms with E-state index < -0.39 is 0 Å². The average Bonchev–Trinajstić information content (AvgIpc) is 2.63. The second-order valence-corrected chi connectivity index (χ2v) is 5.25. The van der Waals surface area contributed by atoms with E-state index in [9.17, 15) is 4.79 Å². The van der Waals surface area contributed by atoms with Crippen LogP contribution >= 0.6 is 0 Å². The van der Waals surface area contributed by atoms with Gasteiger partial charge in [0.1, 0.15) is 11.3 Å². The van der Waals surface area contributed by atoms with Gasteiger partial charge in [-0.1, -0.05) is 18.2 Å². The lowest BCUT2D eigenvalue weighted by atomic mass is 10.1. The van der Waals surface area contributed by atoms with Gasteiger partial charge in [0.05, 0.1) is 6.04 Å². The molecule has 0 saturated carbocycles. The quantitative estimate of drug-likeness (QED) is 0.777. The number of para-hydroxylation sites is 1. The van der Waals surface area contributed by atoms with E-state index >= 15 is 0 Å². The molecule has 0 aliphatic carbocycles. The van der Waals surface area contributed by atoms with Gasteiger partial charge in [-0.15, -0.1) is 0 Å². The van der Waals surface area contributed by atoms with Crippen molar-refractivity contribution >= 4 is 5.91 Å². The lowest BCUT2D eigenvalue weighted by Crippen LogP contribution is -2.27. The Labute approximate surface area is 140 Å². The fraction of sp³-hybridized carbons (Fsp3) is 0.105. The molecule has 0 aliphatic rings. The average molecular weight is 319 g/mol. The third-order valence-electron chi connectivity index (χ3n) is 3.53. The molecule has 0 spiro atoms. The maximum atomic E-state index is 12.6. The Balaban J connectivity index is 1.78. The molecule has 1 amide bonds. The van der Waals surface area contributed by atoms with Crippen molar-refractivity contribution < 1.29 is 9.53 Å². The molecule has 24 heavy (non-hydrogen) atoms. The highest BCUT2D eigenvalue weighted by molar-refractivity contribution is 5.96. The minimum Gasteiger partial charge on any atom is -0.438 e. The molecule has 3 aromatic rings. The van der Waals surface area contributed by atoms with E-state index in [4.69, 9.17) is 4.74 Å². The van der Waals surface area contributed by atoms with Crippen LogP contribution in [0.15, 0.2) is 73.2 Å². The molecule has 0 saturated heterocycles. The summed E-state index contributed by atoms with van der Waals surface area (Å²) in [6.07, 6.45) is 5.00. The molecule has 1 atom stereocenters. The molecule has 0 bridgehead atoms. The van der Waals surface area contributed by atoms with Crippen molar-refractivity contribution in [1.29, 1.82) is 0 Å². The van der Waals surface area contributed by atoms with Gasteiger partial charge >= 0.3 is 0 Å². The first-order valence-electron chi connectivity index (χ1n) is 7.63. The van der Waals surface area contributed by atoms with Gasteiger partial charge in [0.15, 0.2) is 0 Å². The summed E-state index contributed by atoms with van der Waals surface area (Å²) in [6, 6.07) is 16.3. The maximum Gasteiger partial charge on any atom is 0.257 e. The molecule has 5 nitrogen and oxygen atoms in total. The molecule has 5 heteroatoms. The Kier molecular flexibility index (Phi) is 4.81. The van der Waals surface area contributed by atoms with Crippen molar-refractivity contribution in [3.63, 3.8) is 0 Å². The van der Waals surface area contributed by atoms with Crippen LogP contribution in [0.25, 0.3) is 0 Å².